The van der Waals surface area contributed by atoms with E-state index in [0.717, 1.165) is 11.0 Å². The van der Waals surface area contributed by atoms with Gasteiger partial charge in [-0.2, -0.15) is 0 Å². The Morgan fingerprint density at radius 2 is 2.05 bits per heavy atom. The number of carbonyl (C=O) groups is 1. The van der Waals surface area contributed by atoms with Crippen LogP contribution in [0.25, 0.3) is 11.0 Å². The average Bonchev–Trinajstić information content (AvgIpc) is 2.46. The second-order valence-electron chi connectivity index (χ2n) is 4.62. The number of para-hydroxylation sites is 2. The Morgan fingerprint density at radius 1 is 1.35 bits per heavy atom. The van der Waals surface area contributed by atoms with Crippen LogP contribution in [0, 0.1) is 0 Å². The van der Waals surface area contributed by atoms with Crippen LogP contribution in [0.4, 0.5) is 5.82 Å². The number of benzene rings is 1. The van der Waals surface area contributed by atoms with Crippen molar-refractivity contribution in [2.24, 2.45) is 0 Å². The van der Waals surface area contributed by atoms with Crippen molar-refractivity contribution in [3.05, 3.63) is 29.4 Å². The molecule has 7 heteroatoms. The fourth-order valence-electron chi connectivity index (χ4n) is 2.28. The second kappa shape index (κ2) is 5.22. The number of aromatic nitrogens is 2. The van der Waals surface area contributed by atoms with Crippen molar-refractivity contribution in [2.75, 3.05) is 24.5 Å². The van der Waals surface area contributed by atoms with E-state index in [2.05, 4.69) is 15.3 Å². The van der Waals surface area contributed by atoms with Gasteiger partial charge in [0.15, 0.2) is 11.0 Å². The van der Waals surface area contributed by atoms with E-state index in [1.165, 1.54) is 0 Å². The Hall–Kier alpha value is -1.92. The number of rotatable bonds is 2. The van der Waals surface area contributed by atoms with Gasteiger partial charge in [0.05, 0.1) is 11.0 Å². The van der Waals surface area contributed by atoms with Crippen LogP contribution in [-0.2, 0) is 4.79 Å². The highest BCUT2D eigenvalue weighted by atomic mass is 35.5. The predicted octanol–water partition coefficient (Wildman–Crippen LogP) is 1.15. The third-order valence-corrected chi connectivity index (χ3v) is 3.54. The summed E-state index contributed by atoms with van der Waals surface area (Å²) in [5.74, 6) is -0.335. The van der Waals surface area contributed by atoms with Crippen molar-refractivity contribution < 1.29 is 9.90 Å². The minimum Gasteiger partial charge on any atom is -0.480 e. The fourth-order valence-corrected chi connectivity index (χ4v) is 2.53. The summed E-state index contributed by atoms with van der Waals surface area (Å²) in [6.45, 7) is 1.54. The Labute approximate surface area is 120 Å². The molecule has 0 unspecified atom stereocenters. The van der Waals surface area contributed by atoms with Gasteiger partial charge >= 0.3 is 5.97 Å². The van der Waals surface area contributed by atoms with E-state index >= 15 is 0 Å². The highest BCUT2D eigenvalue weighted by Gasteiger charge is 2.27. The molecule has 1 aromatic heterocycles. The van der Waals surface area contributed by atoms with Gasteiger partial charge in [-0.25, -0.2) is 9.97 Å². The van der Waals surface area contributed by atoms with E-state index in [-0.39, 0.29) is 0 Å². The quantitative estimate of drug-likeness (QED) is 0.864. The summed E-state index contributed by atoms with van der Waals surface area (Å²) in [5, 5.41) is 12.3. The van der Waals surface area contributed by atoms with Crippen molar-refractivity contribution >= 4 is 34.4 Å². The number of hydrogen-bond acceptors (Lipinski definition) is 5. The molecule has 1 atom stereocenters. The summed E-state index contributed by atoms with van der Waals surface area (Å²) in [4.78, 5) is 21.7. The molecule has 104 valence electrons. The normalized spacial score (nSPS) is 19.2. The molecule has 2 aromatic rings. The maximum Gasteiger partial charge on any atom is 0.322 e. The summed E-state index contributed by atoms with van der Waals surface area (Å²) in [6, 6.07) is 6.84. The lowest BCUT2D eigenvalue weighted by Gasteiger charge is -2.32. The molecule has 2 N–H and O–H groups in total. The molecule has 1 fully saturated rings. The third-order valence-electron chi connectivity index (χ3n) is 3.28. The molecule has 1 aliphatic heterocycles. The molecule has 0 amide bonds. The monoisotopic (exact) mass is 292 g/mol. The largest absolute Gasteiger partial charge is 0.480 e. The number of piperazine rings is 1. The number of aliphatic carboxylic acids is 1. The molecule has 1 aromatic carbocycles. The molecule has 1 aliphatic rings. The number of fused-ring (bicyclic) bond motifs is 1. The van der Waals surface area contributed by atoms with Gasteiger partial charge in [0.25, 0.3) is 0 Å². The highest BCUT2D eigenvalue weighted by molar-refractivity contribution is 6.32. The maximum atomic E-state index is 11.1. The van der Waals surface area contributed by atoms with Gasteiger partial charge in [0, 0.05) is 19.6 Å². The molecule has 20 heavy (non-hydrogen) atoms. The molecular weight excluding hydrogens is 280 g/mol. The highest BCUT2D eigenvalue weighted by Crippen LogP contribution is 2.25. The summed E-state index contributed by atoms with van der Waals surface area (Å²) < 4.78 is 0. The first-order valence-corrected chi connectivity index (χ1v) is 6.66. The van der Waals surface area contributed by atoms with Crippen LogP contribution >= 0.6 is 11.6 Å². The zero-order chi connectivity index (χ0) is 14.1. The lowest BCUT2D eigenvalue weighted by molar-refractivity contribution is -0.139. The fraction of sp³-hybridized carbons (Fsp3) is 0.308. The van der Waals surface area contributed by atoms with Gasteiger partial charge in [-0.15, -0.1) is 0 Å². The Bertz CT molecular complexity index is 664. The SMILES string of the molecule is O=C(O)[C@H]1CN(c2nc3ccccc3nc2Cl)CCN1. The topological polar surface area (TPSA) is 78.3 Å². The molecule has 0 spiro atoms. The summed E-state index contributed by atoms with van der Waals surface area (Å²) in [5.41, 5.74) is 1.48. The van der Waals surface area contributed by atoms with E-state index < -0.39 is 12.0 Å². The van der Waals surface area contributed by atoms with Crippen molar-refractivity contribution in [2.45, 2.75) is 6.04 Å². The van der Waals surface area contributed by atoms with Crippen LogP contribution in [0.1, 0.15) is 0 Å². The minimum atomic E-state index is -0.875. The molecule has 0 bridgehead atoms. The predicted molar refractivity (Wildman–Crippen MR) is 76.2 cm³/mol. The van der Waals surface area contributed by atoms with E-state index in [4.69, 9.17) is 16.7 Å². The molecule has 2 heterocycles. The Balaban J connectivity index is 1.96. The lowest BCUT2D eigenvalue weighted by Crippen LogP contribution is -2.54. The number of halogens is 1. The van der Waals surface area contributed by atoms with Crippen LogP contribution in [0.3, 0.4) is 0 Å². The third kappa shape index (κ3) is 2.39. The van der Waals surface area contributed by atoms with Gasteiger partial charge in [0.2, 0.25) is 0 Å². The Morgan fingerprint density at radius 3 is 2.75 bits per heavy atom. The molecule has 0 aliphatic carbocycles. The molecule has 1 saturated heterocycles. The van der Waals surface area contributed by atoms with Gasteiger partial charge in [-0.1, -0.05) is 23.7 Å². The Kier molecular flexibility index (Phi) is 3.42. The number of carboxylic acid groups (broad SMARTS) is 1. The first kappa shape index (κ1) is 13.1. The molecule has 0 radical (unpaired) electrons. The molecular formula is C13H13ClN4O2. The van der Waals surface area contributed by atoms with Gasteiger partial charge in [-0.3, -0.25) is 4.79 Å². The van der Waals surface area contributed by atoms with Gasteiger partial charge in [-0.05, 0) is 12.1 Å². The van der Waals surface area contributed by atoms with Crippen molar-refractivity contribution in [1.82, 2.24) is 15.3 Å². The van der Waals surface area contributed by atoms with Crippen LogP contribution in [0.2, 0.25) is 5.15 Å². The van der Waals surface area contributed by atoms with E-state index in [1.54, 1.807) is 0 Å². The zero-order valence-corrected chi connectivity index (χ0v) is 11.3. The summed E-state index contributed by atoms with van der Waals surface area (Å²) in [6.07, 6.45) is 0. The first-order chi connectivity index (χ1) is 9.65. The van der Waals surface area contributed by atoms with E-state index in [9.17, 15) is 4.79 Å². The molecule has 3 rings (SSSR count). The smallest absolute Gasteiger partial charge is 0.322 e. The second-order valence-corrected chi connectivity index (χ2v) is 4.98. The van der Waals surface area contributed by atoms with Crippen LogP contribution < -0.4 is 10.2 Å². The van der Waals surface area contributed by atoms with E-state index in [0.29, 0.717) is 30.6 Å². The van der Waals surface area contributed by atoms with Gasteiger partial charge < -0.3 is 15.3 Å². The number of nitrogens with one attached hydrogen (secondary N) is 1. The summed E-state index contributed by atoms with van der Waals surface area (Å²) >= 11 is 6.18. The van der Waals surface area contributed by atoms with Gasteiger partial charge in [0.1, 0.15) is 6.04 Å². The molecule has 6 nitrogen and oxygen atoms in total. The van der Waals surface area contributed by atoms with Crippen LogP contribution in [0.15, 0.2) is 24.3 Å². The maximum absolute atomic E-state index is 11.1. The van der Waals surface area contributed by atoms with Crippen LogP contribution in [0.5, 0.6) is 0 Å². The number of carboxylic acids is 1. The van der Waals surface area contributed by atoms with Crippen molar-refractivity contribution in [3.8, 4) is 0 Å². The average molecular weight is 293 g/mol. The lowest BCUT2D eigenvalue weighted by atomic mass is 10.2. The first-order valence-electron chi connectivity index (χ1n) is 6.28. The summed E-state index contributed by atoms with van der Waals surface area (Å²) in [7, 11) is 0. The zero-order valence-electron chi connectivity index (χ0n) is 10.6. The van der Waals surface area contributed by atoms with Crippen LogP contribution in [-0.4, -0.2) is 46.7 Å². The van der Waals surface area contributed by atoms with E-state index in [1.807, 2.05) is 29.2 Å². The number of anilines is 1. The number of nitrogens with zero attached hydrogens (tertiary/aromatic N) is 3. The van der Waals surface area contributed by atoms with Crippen molar-refractivity contribution in [1.29, 1.82) is 0 Å². The molecule has 0 saturated carbocycles. The van der Waals surface area contributed by atoms with Crippen molar-refractivity contribution in [3.63, 3.8) is 0 Å². The number of hydrogen-bond donors (Lipinski definition) is 2. The minimum absolute atomic E-state index is 0.301. The standard InChI is InChI=1S/C13H13ClN4O2/c14-11-12(17-9-4-2-1-3-8(9)16-11)18-6-5-15-10(7-18)13(19)20/h1-4,10,15H,5-7H2,(H,19,20)/t10-/m1/s1.